The predicted octanol–water partition coefficient (Wildman–Crippen LogP) is 1.99. The molecule has 1 heterocycles. The van der Waals surface area contributed by atoms with Crippen LogP contribution in [0.15, 0.2) is 18.2 Å². The highest BCUT2D eigenvalue weighted by atomic mass is 35.5. The zero-order valence-corrected chi connectivity index (χ0v) is 13.2. The van der Waals surface area contributed by atoms with E-state index >= 15 is 0 Å². The topological polar surface area (TPSA) is 93.5 Å². The van der Waals surface area contributed by atoms with Gasteiger partial charge in [-0.15, -0.1) is 0 Å². The largest absolute Gasteiger partial charge is 0.381 e. The SMILES string of the molecule is CC(=O)Nc1ccc(NC(=O)C(N)C2CCOCC2)c(Cl)c1. The Bertz CT molecular complexity index is 559. The van der Waals surface area contributed by atoms with Crippen molar-refractivity contribution in [1.82, 2.24) is 0 Å². The van der Waals surface area contributed by atoms with E-state index in [2.05, 4.69) is 10.6 Å². The Kier molecular flexibility index (Phi) is 5.76. The molecule has 6 nitrogen and oxygen atoms in total. The summed E-state index contributed by atoms with van der Waals surface area (Å²) in [5.74, 6) is -0.332. The lowest BCUT2D eigenvalue weighted by Gasteiger charge is -2.26. The van der Waals surface area contributed by atoms with E-state index in [1.807, 2.05) is 0 Å². The van der Waals surface area contributed by atoms with Crippen LogP contribution >= 0.6 is 11.6 Å². The highest BCUT2D eigenvalue weighted by Crippen LogP contribution is 2.26. The van der Waals surface area contributed by atoms with Gasteiger partial charge in [-0.2, -0.15) is 0 Å². The van der Waals surface area contributed by atoms with E-state index in [1.165, 1.54) is 6.92 Å². The van der Waals surface area contributed by atoms with Crippen LogP contribution < -0.4 is 16.4 Å². The van der Waals surface area contributed by atoms with E-state index in [-0.39, 0.29) is 17.7 Å². The molecule has 0 aromatic heterocycles. The monoisotopic (exact) mass is 325 g/mol. The maximum absolute atomic E-state index is 12.2. The van der Waals surface area contributed by atoms with Gasteiger partial charge in [0.2, 0.25) is 11.8 Å². The fraction of sp³-hybridized carbons (Fsp3) is 0.467. The van der Waals surface area contributed by atoms with Crippen molar-refractivity contribution in [3.8, 4) is 0 Å². The molecule has 0 bridgehead atoms. The first kappa shape index (κ1) is 16.7. The first-order chi connectivity index (χ1) is 10.5. The number of halogens is 1. The predicted molar refractivity (Wildman–Crippen MR) is 85.9 cm³/mol. The van der Waals surface area contributed by atoms with Crippen molar-refractivity contribution in [3.05, 3.63) is 23.2 Å². The zero-order chi connectivity index (χ0) is 16.1. The van der Waals surface area contributed by atoms with Crippen molar-refractivity contribution in [3.63, 3.8) is 0 Å². The molecule has 7 heteroatoms. The molecule has 1 aliphatic heterocycles. The number of anilines is 2. The molecular weight excluding hydrogens is 306 g/mol. The molecule has 1 saturated heterocycles. The molecule has 1 fully saturated rings. The van der Waals surface area contributed by atoms with Crippen molar-refractivity contribution in [1.29, 1.82) is 0 Å². The number of amides is 2. The summed E-state index contributed by atoms with van der Waals surface area (Å²) >= 11 is 6.12. The van der Waals surface area contributed by atoms with Crippen LogP contribution in [-0.2, 0) is 14.3 Å². The standard InChI is InChI=1S/C15H20ClN3O3/c1-9(20)18-11-2-3-13(12(16)8-11)19-15(21)14(17)10-4-6-22-7-5-10/h2-3,8,10,14H,4-7,17H2,1H3,(H,18,20)(H,19,21). The number of hydrogen-bond donors (Lipinski definition) is 3. The number of ether oxygens (including phenoxy) is 1. The van der Waals surface area contributed by atoms with Gasteiger partial charge in [0.05, 0.1) is 16.8 Å². The Balaban J connectivity index is 2.00. The van der Waals surface area contributed by atoms with Gasteiger partial charge in [-0.25, -0.2) is 0 Å². The minimum Gasteiger partial charge on any atom is -0.381 e. The first-order valence-electron chi connectivity index (χ1n) is 7.18. The molecule has 0 radical (unpaired) electrons. The third-order valence-corrected chi connectivity index (χ3v) is 3.94. The van der Waals surface area contributed by atoms with E-state index in [4.69, 9.17) is 22.1 Å². The normalized spacial score (nSPS) is 16.9. The second kappa shape index (κ2) is 7.58. The summed E-state index contributed by atoms with van der Waals surface area (Å²) in [4.78, 5) is 23.2. The number of nitrogens with two attached hydrogens (primary N) is 1. The lowest BCUT2D eigenvalue weighted by molar-refractivity contribution is -0.119. The molecule has 1 aromatic rings. The van der Waals surface area contributed by atoms with E-state index in [1.54, 1.807) is 18.2 Å². The van der Waals surface area contributed by atoms with Gasteiger partial charge in [-0.1, -0.05) is 11.6 Å². The molecular formula is C15H20ClN3O3. The summed E-state index contributed by atoms with van der Waals surface area (Å²) in [6, 6.07) is 4.30. The number of carbonyl (C=O) groups is 2. The Morgan fingerprint density at radius 1 is 1.32 bits per heavy atom. The molecule has 1 aliphatic rings. The van der Waals surface area contributed by atoms with Crippen LogP contribution in [0.5, 0.6) is 0 Å². The molecule has 1 atom stereocenters. The van der Waals surface area contributed by atoms with Crippen LogP contribution in [0.4, 0.5) is 11.4 Å². The Labute approximate surface area is 134 Å². The molecule has 2 amide bonds. The molecule has 0 aliphatic carbocycles. The minimum absolute atomic E-state index is 0.117. The van der Waals surface area contributed by atoms with Gasteiger partial charge in [0.25, 0.3) is 0 Å². The van der Waals surface area contributed by atoms with Crippen LogP contribution in [0.2, 0.25) is 5.02 Å². The fourth-order valence-electron chi connectivity index (χ4n) is 2.40. The maximum atomic E-state index is 12.2. The summed E-state index contributed by atoms with van der Waals surface area (Å²) in [6.07, 6.45) is 1.56. The molecule has 1 unspecified atom stereocenters. The average Bonchev–Trinajstić information content (AvgIpc) is 2.49. The number of rotatable bonds is 4. The lowest BCUT2D eigenvalue weighted by Crippen LogP contribution is -2.44. The summed E-state index contributed by atoms with van der Waals surface area (Å²) in [5.41, 5.74) is 7.07. The molecule has 22 heavy (non-hydrogen) atoms. The molecule has 0 saturated carbocycles. The summed E-state index contributed by atoms with van der Waals surface area (Å²) in [5, 5.41) is 5.71. The third kappa shape index (κ3) is 4.43. The highest BCUT2D eigenvalue weighted by Gasteiger charge is 2.26. The third-order valence-electron chi connectivity index (χ3n) is 3.62. The number of benzene rings is 1. The van der Waals surface area contributed by atoms with Crippen LogP contribution in [-0.4, -0.2) is 31.1 Å². The van der Waals surface area contributed by atoms with Crippen molar-refractivity contribution < 1.29 is 14.3 Å². The van der Waals surface area contributed by atoms with Gasteiger partial charge in [-0.05, 0) is 37.0 Å². The molecule has 0 spiro atoms. The maximum Gasteiger partial charge on any atom is 0.241 e. The molecule has 2 rings (SSSR count). The zero-order valence-electron chi connectivity index (χ0n) is 12.4. The van der Waals surface area contributed by atoms with Crippen LogP contribution in [0.3, 0.4) is 0 Å². The van der Waals surface area contributed by atoms with Crippen LogP contribution in [0.25, 0.3) is 0 Å². The van der Waals surface area contributed by atoms with Crippen LogP contribution in [0, 0.1) is 5.92 Å². The van der Waals surface area contributed by atoms with Gasteiger partial charge >= 0.3 is 0 Å². The van der Waals surface area contributed by atoms with Crippen molar-refractivity contribution in [2.24, 2.45) is 11.7 Å². The van der Waals surface area contributed by atoms with Gasteiger partial charge < -0.3 is 21.1 Å². The van der Waals surface area contributed by atoms with Gasteiger partial charge in [-0.3, -0.25) is 9.59 Å². The second-order valence-electron chi connectivity index (χ2n) is 5.34. The summed E-state index contributed by atoms with van der Waals surface area (Å²) in [6.45, 7) is 2.69. The molecule has 120 valence electrons. The molecule has 4 N–H and O–H groups in total. The van der Waals surface area contributed by atoms with E-state index in [0.29, 0.717) is 29.6 Å². The second-order valence-corrected chi connectivity index (χ2v) is 5.75. The lowest BCUT2D eigenvalue weighted by atomic mass is 9.92. The van der Waals surface area contributed by atoms with E-state index < -0.39 is 6.04 Å². The Morgan fingerprint density at radius 3 is 2.59 bits per heavy atom. The van der Waals surface area contributed by atoms with Crippen molar-refractivity contribution in [2.45, 2.75) is 25.8 Å². The smallest absolute Gasteiger partial charge is 0.241 e. The summed E-state index contributed by atoms with van der Waals surface area (Å²) in [7, 11) is 0. The van der Waals surface area contributed by atoms with Crippen molar-refractivity contribution >= 4 is 34.8 Å². The van der Waals surface area contributed by atoms with Gasteiger partial charge in [0, 0.05) is 25.8 Å². The average molecular weight is 326 g/mol. The fourth-order valence-corrected chi connectivity index (χ4v) is 2.63. The van der Waals surface area contributed by atoms with Gasteiger partial charge in [0.15, 0.2) is 0 Å². The first-order valence-corrected chi connectivity index (χ1v) is 7.56. The van der Waals surface area contributed by atoms with Crippen LogP contribution in [0.1, 0.15) is 19.8 Å². The number of carbonyl (C=O) groups excluding carboxylic acids is 2. The van der Waals surface area contributed by atoms with Gasteiger partial charge in [0.1, 0.15) is 0 Å². The van der Waals surface area contributed by atoms with E-state index in [0.717, 1.165) is 12.8 Å². The quantitative estimate of drug-likeness (QED) is 0.789. The summed E-state index contributed by atoms with van der Waals surface area (Å²) < 4.78 is 5.27. The van der Waals surface area contributed by atoms with Crippen molar-refractivity contribution in [2.75, 3.05) is 23.8 Å². The molecule has 1 aromatic carbocycles. The minimum atomic E-state index is -0.588. The number of hydrogen-bond acceptors (Lipinski definition) is 4. The highest BCUT2D eigenvalue weighted by molar-refractivity contribution is 6.34. The Hall–Kier alpha value is -1.63. The van der Waals surface area contributed by atoms with E-state index in [9.17, 15) is 9.59 Å². The Morgan fingerprint density at radius 2 is 2.00 bits per heavy atom. The number of nitrogens with one attached hydrogen (secondary N) is 2.